The Morgan fingerprint density at radius 1 is 1.11 bits per heavy atom. The smallest absolute Gasteiger partial charge is 0.347 e. The monoisotopic (exact) mass is 363 g/mol. The summed E-state index contributed by atoms with van der Waals surface area (Å²) in [5.74, 6) is -1.03. The van der Waals surface area contributed by atoms with Gasteiger partial charge in [-0.15, -0.1) is 0 Å². The minimum Gasteiger partial charge on any atom is -0.462 e. The second-order valence-electron chi connectivity index (χ2n) is 6.28. The van der Waals surface area contributed by atoms with Crippen molar-refractivity contribution >= 4 is 23.5 Å². The van der Waals surface area contributed by atoms with Crippen molar-refractivity contribution in [2.75, 3.05) is 11.9 Å². The Bertz CT molecular complexity index is 922. The first-order valence-corrected chi connectivity index (χ1v) is 8.74. The van der Waals surface area contributed by atoms with Crippen LogP contribution >= 0.6 is 0 Å². The fourth-order valence-electron chi connectivity index (χ4n) is 2.90. The van der Waals surface area contributed by atoms with Gasteiger partial charge < -0.3 is 14.8 Å². The molecule has 5 heteroatoms. The Labute approximate surface area is 158 Å². The summed E-state index contributed by atoms with van der Waals surface area (Å²) >= 11 is 0. The second-order valence-corrected chi connectivity index (χ2v) is 6.28. The Balaban J connectivity index is 1.96. The second kappa shape index (κ2) is 7.91. The van der Waals surface area contributed by atoms with Crippen molar-refractivity contribution in [3.8, 4) is 0 Å². The zero-order chi connectivity index (χ0) is 19.4. The maximum Gasteiger partial charge on any atom is 0.347 e. The molecule has 0 spiro atoms. The lowest BCUT2D eigenvalue weighted by atomic mass is 10.1. The van der Waals surface area contributed by atoms with E-state index in [1.165, 1.54) is 0 Å². The molecule has 0 radical (unpaired) electrons. The van der Waals surface area contributed by atoms with E-state index in [4.69, 9.17) is 9.47 Å². The number of carbonyl (C=O) groups excluding carboxylic acids is 2. The van der Waals surface area contributed by atoms with E-state index in [0.29, 0.717) is 5.69 Å². The molecule has 0 unspecified atom stereocenters. The first-order valence-electron chi connectivity index (χ1n) is 8.74. The number of ether oxygens (including phenoxy) is 2. The summed E-state index contributed by atoms with van der Waals surface area (Å²) in [6.45, 7) is 5.83. The Kier molecular flexibility index (Phi) is 5.41. The number of ketones is 1. The van der Waals surface area contributed by atoms with E-state index in [9.17, 15) is 9.59 Å². The fourth-order valence-corrected chi connectivity index (χ4v) is 2.90. The minimum absolute atomic E-state index is 0.0836. The van der Waals surface area contributed by atoms with Crippen molar-refractivity contribution < 1.29 is 19.1 Å². The highest BCUT2D eigenvalue weighted by atomic mass is 16.5. The summed E-state index contributed by atoms with van der Waals surface area (Å²) < 4.78 is 10.8. The first kappa shape index (κ1) is 18.5. The van der Waals surface area contributed by atoms with Gasteiger partial charge in [-0.1, -0.05) is 47.5 Å². The summed E-state index contributed by atoms with van der Waals surface area (Å²) in [4.78, 5) is 25.1. The van der Waals surface area contributed by atoms with Gasteiger partial charge in [0.05, 0.1) is 6.61 Å². The van der Waals surface area contributed by atoms with Crippen molar-refractivity contribution in [2.24, 2.45) is 0 Å². The fraction of sp³-hybridized carbons (Fsp3) is 0.182. The number of allylic oxidation sites excluding steroid dienone is 1. The Hall–Kier alpha value is -3.34. The standard InChI is InChI=1S/C22H21NO4/c1-4-26-22(25)19-20(24)18(13-16-11-14(2)10-15(3)12-16)27-21(19)23-17-8-6-5-7-9-17/h5-13,23H,4H2,1-3H3/b18-13+. The normalized spacial score (nSPS) is 15.1. The molecule has 2 aromatic carbocycles. The average Bonchev–Trinajstić information content (AvgIpc) is 2.90. The summed E-state index contributed by atoms with van der Waals surface area (Å²) in [7, 11) is 0. The maximum atomic E-state index is 12.8. The van der Waals surface area contributed by atoms with Crippen molar-refractivity contribution in [2.45, 2.75) is 20.8 Å². The van der Waals surface area contributed by atoms with Gasteiger partial charge in [-0.3, -0.25) is 4.79 Å². The van der Waals surface area contributed by atoms with Crippen molar-refractivity contribution in [3.63, 3.8) is 0 Å². The first-order chi connectivity index (χ1) is 13.0. The van der Waals surface area contributed by atoms with E-state index in [-0.39, 0.29) is 23.8 Å². The summed E-state index contributed by atoms with van der Waals surface area (Å²) in [5, 5.41) is 2.99. The molecule has 1 N–H and O–H groups in total. The molecule has 3 rings (SSSR count). The Morgan fingerprint density at radius 2 is 1.78 bits per heavy atom. The van der Waals surface area contributed by atoms with Crippen LogP contribution in [-0.4, -0.2) is 18.4 Å². The minimum atomic E-state index is -0.704. The lowest BCUT2D eigenvalue weighted by Crippen LogP contribution is -2.16. The molecular formula is C22H21NO4. The summed E-state index contributed by atoms with van der Waals surface area (Å²) in [6.07, 6.45) is 1.64. The Morgan fingerprint density at radius 3 is 2.41 bits per heavy atom. The molecule has 27 heavy (non-hydrogen) atoms. The molecule has 138 valence electrons. The highest BCUT2D eigenvalue weighted by Crippen LogP contribution is 2.29. The highest BCUT2D eigenvalue weighted by Gasteiger charge is 2.36. The molecule has 1 aliphatic heterocycles. The number of benzene rings is 2. The van der Waals surface area contributed by atoms with Crippen LogP contribution in [-0.2, 0) is 19.1 Å². The van der Waals surface area contributed by atoms with Crippen LogP contribution < -0.4 is 5.32 Å². The van der Waals surface area contributed by atoms with Crippen LogP contribution in [0.15, 0.2) is 65.7 Å². The van der Waals surface area contributed by atoms with Gasteiger partial charge >= 0.3 is 5.97 Å². The number of rotatable bonds is 5. The van der Waals surface area contributed by atoms with Gasteiger partial charge in [-0.2, -0.15) is 0 Å². The van der Waals surface area contributed by atoms with E-state index in [2.05, 4.69) is 5.32 Å². The van der Waals surface area contributed by atoms with Crippen molar-refractivity contribution in [1.29, 1.82) is 0 Å². The van der Waals surface area contributed by atoms with E-state index in [0.717, 1.165) is 16.7 Å². The van der Waals surface area contributed by atoms with Crippen LogP contribution in [0.5, 0.6) is 0 Å². The van der Waals surface area contributed by atoms with Crippen molar-refractivity contribution in [1.82, 2.24) is 0 Å². The molecule has 5 nitrogen and oxygen atoms in total. The average molecular weight is 363 g/mol. The number of carbonyl (C=O) groups is 2. The molecule has 0 atom stereocenters. The third kappa shape index (κ3) is 4.26. The van der Waals surface area contributed by atoms with Crippen LogP contribution in [0, 0.1) is 13.8 Å². The number of hydrogen-bond donors (Lipinski definition) is 1. The molecule has 2 aromatic rings. The zero-order valence-electron chi connectivity index (χ0n) is 15.5. The quantitative estimate of drug-likeness (QED) is 0.492. The van der Waals surface area contributed by atoms with Crippen LogP contribution in [0.25, 0.3) is 6.08 Å². The molecule has 0 amide bonds. The summed E-state index contributed by atoms with van der Waals surface area (Å²) in [6, 6.07) is 15.1. The van der Waals surface area contributed by atoms with Gasteiger partial charge in [0.25, 0.3) is 0 Å². The summed E-state index contributed by atoms with van der Waals surface area (Å²) in [5.41, 5.74) is 3.56. The highest BCUT2D eigenvalue weighted by molar-refractivity contribution is 6.26. The topological polar surface area (TPSA) is 64.6 Å². The SMILES string of the molecule is CCOC(=O)C1=C(Nc2ccccc2)O/C(=C/c2cc(C)cc(C)c2)C1=O. The molecule has 1 aliphatic rings. The molecule has 1 heterocycles. The molecule has 0 aromatic heterocycles. The third-order valence-corrected chi connectivity index (χ3v) is 3.94. The molecule has 0 bridgehead atoms. The van der Waals surface area contributed by atoms with E-state index >= 15 is 0 Å². The van der Waals surface area contributed by atoms with Gasteiger partial charge in [-0.05, 0) is 44.5 Å². The number of nitrogens with one attached hydrogen (secondary N) is 1. The predicted octanol–water partition coefficient (Wildman–Crippen LogP) is 4.13. The van der Waals surface area contributed by atoms with E-state index in [1.807, 2.05) is 62.4 Å². The molecule has 0 fully saturated rings. The van der Waals surface area contributed by atoms with Gasteiger partial charge in [0.1, 0.15) is 0 Å². The third-order valence-electron chi connectivity index (χ3n) is 3.94. The number of aryl methyl sites for hydroxylation is 2. The number of para-hydroxylation sites is 1. The van der Waals surface area contributed by atoms with Crippen LogP contribution in [0.2, 0.25) is 0 Å². The van der Waals surface area contributed by atoms with E-state index < -0.39 is 11.8 Å². The maximum absolute atomic E-state index is 12.8. The van der Waals surface area contributed by atoms with Gasteiger partial charge in [0, 0.05) is 5.69 Å². The van der Waals surface area contributed by atoms with Crippen LogP contribution in [0.3, 0.4) is 0 Å². The number of anilines is 1. The lowest BCUT2D eigenvalue weighted by molar-refractivity contribution is -0.139. The molecule has 0 saturated carbocycles. The van der Waals surface area contributed by atoms with Crippen LogP contribution in [0.4, 0.5) is 5.69 Å². The molecule has 0 aliphatic carbocycles. The van der Waals surface area contributed by atoms with Crippen LogP contribution in [0.1, 0.15) is 23.6 Å². The van der Waals surface area contributed by atoms with E-state index in [1.54, 1.807) is 13.0 Å². The molecular weight excluding hydrogens is 342 g/mol. The van der Waals surface area contributed by atoms with Crippen molar-refractivity contribution in [3.05, 3.63) is 82.4 Å². The lowest BCUT2D eigenvalue weighted by Gasteiger charge is -2.08. The zero-order valence-corrected chi connectivity index (χ0v) is 15.5. The van der Waals surface area contributed by atoms with Gasteiger partial charge in [0.15, 0.2) is 11.3 Å². The number of Topliss-reactive ketones (excluding diaryl/α,β-unsaturated/α-hetero) is 1. The predicted molar refractivity (Wildman–Crippen MR) is 104 cm³/mol. The van der Waals surface area contributed by atoms with Gasteiger partial charge in [0.2, 0.25) is 11.7 Å². The molecule has 0 saturated heterocycles. The number of hydrogen-bond acceptors (Lipinski definition) is 5. The number of esters is 1. The largest absolute Gasteiger partial charge is 0.462 e. The van der Waals surface area contributed by atoms with Gasteiger partial charge in [-0.25, -0.2) is 4.79 Å².